The van der Waals surface area contributed by atoms with Crippen LogP contribution in [0.2, 0.25) is 0 Å². The number of hydrogen-bond acceptors (Lipinski definition) is 3. The molecule has 0 unspecified atom stereocenters. The van der Waals surface area contributed by atoms with Crippen molar-refractivity contribution in [3.63, 3.8) is 0 Å². The second kappa shape index (κ2) is 4.14. The van der Waals surface area contributed by atoms with Gasteiger partial charge in [-0.25, -0.2) is 4.39 Å². The van der Waals surface area contributed by atoms with Crippen LogP contribution in [-0.2, 0) is 0 Å². The Bertz CT molecular complexity index is 337. The summed E-state index contributed by atoms with van der Waals surface area (Å²) in [4.78, 5) is 3.77. The van der Waals surface area contributed by atoms with E-state index < -0.39 is 0 Å². The number of aromatic nitrogens is 1. The van der Waals surface area contributed by atoms with E-state index >= 15 is 0 Å². The van der Waals surface area contributed by atoms with E-state index in [1.54, 1.807) is 6.20 Å². The van der Waals surface area contributed by atoms with Crippen LogP contribution < -0.4 is 10.1 Å². The molecule has 1 N–H and O–H groups in total. The van der Waals surface area contributed by atoms with Crippen LogP contribution in [-0.4, -0.2) is 23.7 Å². The molecule has 3 nitrogen and oxygen atoms in total. The lowest BCUT2D eigenvalue weighted by Crippen LogP contribution is -2.43. The highest BCUT2D eigenvalue weighted by molar-refractivity contribution is 5.18. The summed E-state index contributed by atoms with van der Waals surface area (Å²) in [6, 6.07) is 1.38. The molecular formula is C11H15FN2O. The number of ether oxygens (including phenoxy) is 1. The predicted octanol–water partition coefficient (Wildman–Crippen LogP) is 1.74. The van der Waals surface area contributed by atoms with Crippen molar-refractivity contribution in [2.45, 2.75) is 25.4 Å². The van der Waals surface area contributed by atoms with E-state index in [2.05, 4.69) is 17.2 Å². The maximum Gasteiger partial charge on any atom is 0.145 e. The van der Waals surface area contributed by atoms with Gasteiger partial charge in [0.25, 0.3) is 0 Å². The maximum atomic E-state index is 12.9. The first kappa shape index (κ1) is 10.4. The number of halogens is 1. The number of piperidine rings is 1. The van der Waals surface area contributed by atoms with Crippen molar-refractivity contribution in [3.05, 3.63) is 24.3 Å². The van der Waals surface area contributed by atoms with E-state index in [9.17, 15) is 4.39 Å². The third kappa shape index (κ3) is 2.65. The van der Waals surface area contributed by atoms with E-state index in [1.165, 1.54) is 12.3 Å². The topological polar surface area (TPSA) is 34.1 Å². The SMILES string of the molecule is CC1(Oc2cncc(F)c2)CCNCC1. The molecule has 82 valence electrons. The molecule has 0 atom stereocenters. The molecule has 1 aromatic rings. The highest BCUT2D eigenvalue weighted by atomic mass is 19.1. The summed E-state index contributed by atoms with van der Waals surface area (Å²) in [6.07, 6.45) is 4.60. The Morgan fingerprint density at radius 3 is 2.80 bits per heavy atom. The molecule has 0 radical (unpaired) electrons. The lowest BCUT2D eigenvalue weighted by molar-refractivity contribution is 0.0549. The molecule has 1 aliphatic rings. The Kier molecular flexibility index (Phi) is 2.86. The Morgan fingerprint density at radius 1 is 1.40 bits per heavy atom. The van der Waals surface area contributed by atoms with Crippen molar-refractivity contribution in [1.29, 1.82) is 0 Å². The summed E-state index contributed by atoms with van der Waals surface area (Å²) in [5, 5.41) is 3.27. The quantitative estimate of drug-likeness (QED) is 0.807. The molecule has 0 amide bonds. The second-order valence-electron chi connectivity index (χ2n) is 4.14. The molecule has 1 aromatic heterocycles. The van der Waals surface area contributed by atoms with Gasteiger partial charge in [-0.2, -0.15) is 0 Å². The van der Waals surface area contributed by atoms with Crippen molar-refractivity contribution in [2.24, 2.45) is 0 Å². The van der Waals surface area contributed by atoms with Gasteiger partial charge >= 0.3 is 0 Å². The Hall–Kier alpha value is -1.16. The zero-order chi connectivity index (χ0) is 10.7. The number of nitrogens with zero attached hydrogens (tertiary/aromatic N) is 1. The zero-order valence-electron chi connectivity index (χ0n) is 8.79. The third-order valence-electron chi connectivity index (χ3n) is 2.71. The molecule has 0 aliphatic carbocycles. The van der Waals surface area contributed by atoms with Crippen LogP contribution in [0.4, 0.5) is 4.39 Å². The molecule has 1 saturated heterocycles. The standard InChI is InChI=1S/C11H15FN2O/c1-11(2-4-13-5-3-11)15-10-6-9(12)7-14-8-10/h6-8,13H,2-5H2,1H3. The molecule has 2 heterocycles. The molecule has 1 fully saturated rings. The minimum absolute atomic E-state index is 0.194. The lowest BCUT2D eigenvalue weighted by Gasteiger charge is -2.34. The normalized spacial score (nSPS) is 19.9. The number of hydrogen-bond donors (Lipinski definition) is 1. The van der Waals surface area contributed by atoms with Crippen molar-refractivity contribution < 1.29 is 9.13 Å². The van der Waals surface area contributed by atoms with Crippen molar-refractivity contribution >= 4 is 0 Å². The summed E-state index contributed by atoms with van der Waals surface area (Å²) in [6.45, 7) is 3.94. The van der Waals surface area contributed by atoms with Crippen LogP contribution in [0.15, 0.2) is 18.5 Å². The van der Waals surface area contributed by atoms with Gasteiger partial charge in [-0.05, 0) is 32.9 Å². The molecule has 1 aliphatic heterocycles. The van der Waals surface area contributed by atoms with Crippen molar-refractivity contribution in [3.8, 4) is 5.75 Å². The van der Waals surface area contributed by atoms with Gasteiger partial charge in [0, 0.05) is 6.07 Å². The number of rotatable bonds is 2. The fourth-order valence-electron chi connectivity index (χ4n) is 1.79. The van der Waals surface area contributed by atoms with Crippen LogP contribution in [0.25, 0.3) is 0 Å². The predicted molar refractivity (Wildman–Crippen MR) is 55.3 cm³/mol. The number of pyridine rings is 1. The molecule has 15 heavy (non-hydrogen) atoms. The van der Waals surface area contributed by atoms with Crippen LogP contribution in [0.1, 0.15) is 19.8 Å². The van der Waals surface area contributed by atoms with Gasteiger partial charge in [-0.15, -0.1) is 0 Å². The summed E-state index contributed by atoms with van der Waals surface area (Å²) in [5.41, 5.74) is -0.194. The number of nitrogens with one attached hydrogen (secondary N) is 1. The summed E-state index contributed by atoms with van der Waals surface area (Å²) < 4.78 is 18.7. The first-order valence-electron chi connectivity index (χ1n) is 5.18. The van der Waals surface area contributed by atoms with Gasteiger partial charge in [0.05, 0.1) is 12.4 Å². The van der Waals surface area contributed by atoms with Gasteiger partial charge in [-0.1, -0.05) is 0 Å². The zero-order valence-corrected chi connectivity index (χ0v) is 8.79. The summed E-state index contributed by atoms with van der Waals surface area (Å²) in [7, 11) is 0. The first-order valence-corrected chi connectivity index (χ1v) is 5.18. The minimum Gasteiger partial charge on any atom is -0.486 e. The Labute approximate surface area is 88.7 Å². The molecule has 0 spiro atoms. The van der Waals surface area contributed by atoms with E-state index in [-0.39, 0.29) is 11.4 Å². The highest BCUT2D eigenvalue weighted by Crippen LogP contribution is 2.25. The molecular weight excluding hydrogens is 195 g/mol. The largest absolute Gasteiger partial charge is 0.486 e. The smallest absolute Gasteiger partial charge is 0.145 e. The van der Waals surface area contributed by atoms with Crippen LogP contribution in [0.3, 0.4) is 0 Å². The molecule has 2 rings (SSSR count). The van der Waals surface area contributed by atoms with E-state index in [4.69, 9.17) is 4.74 Å². The van der Waals surface area contributed by atoms with Crippen molar-refractivity contribution in [2.75, 3.05) is 13.1 Å². The molecule has 0 bridgehead atoms. The average Bonchev–Trinajstić information content (AvgIpc) is 2.18. The summed E-state index contributed by atoms with van der Waals surface area (Å²) in [5.74, 6) is 0.157. The van der Waals surface area contributed by atoms with Gasteiger partial charge in [0.1, 0.15) is 17.2 Å². The van der Waals surface area contributed by atoms with Gasteiger partial charge in [-0.3, -0.25) is 4.98 Å². The Balaban J connectivity index is 2.06. The van der Waals surface area contributed by atoms with E-state index in [0.717, 1.165) is 25.9 Å². The average molecular weight is 210 g/mol. The van der Waals surface area contributed by atoms with Gasteiger partial charge in [0.15, 0.2) is 0 Å². The van der Waals surface area contributed by atoms with Gasteiger partial charge < -0.3 is 10.1 Å². The fourth-order valence-corrected chi connectivity index (χ4v) is 1.79. The second-order valence-corrected chi connectivity index (χ2v) is 4.14. The van der Waals surface area contributed by atoms with Crippen molar-refractivity contribution in [1.82, 2.24) is 10.3 Å². The lowest BCUT2D eigenvalue weighted by atomic mass is 9.94. The maximum absolute atomic E-state index is 12.9. The van der Waals surface area contributed by atoms with Crippen LogP contribution in [0, 0.1) is 5.82 Å². The minimum atomic E-state index is -0.356. The molecule has 0 saturated carbocycles. The van der Waals surface area contributed by atoms with E-state index in [1.807, 2.05) is 0 Å². The summed E-state index contributed by atoms with van der Waals surface area (Å²) >= 11 is 0. The monoisotopic (exact) mass is 210 g/mol. The Morgan fingerprint density at radius 2 is 2.13 bits per heavy atom. The van der Waals surface area contributed by atoms with Gasteiger partial charge in [0.2, 0.25) is 0 Å². The first-order chi connectivity index (χ1) is 7.18. The van der Waals surface area contributed by atoms with Crippen LogP contribution >= 0.6 is 0 Å². The molecule has 0 aromatic carbocycles. The fraction of sp³-hybridized carbons (Fsp3) is 0.545. The van der Waals surface area contributed by atoms with Crippen LogP contribution in [0.5, 0.6) is 5.75 Å². The highest BCUT2D eigenvalue weighted by Gasteiger charge is 2.28. The molecule has 4 heteroatoms. The van der Waals surface area contributed by atoms with E-state index in [0.29, 0.717) is 5.75 Å². The third-order valence-corrected chi connectivity index (χ3v) is 2.71.